The minimum Gasteiger partial charge on any atom is -0.494 e. The lowest BCUT2D eigenvalue weighted by atomic mass is 9.93. The summed E-state index contributed by atoms with van der Waals surface area (Å²) < 4.78 is 10.9. The van der Waals surface area contributed by atoms with Crippen molar-refractivity contribution in [3.05, 3.63) is 29.8 Å². The Labute approximate surface area is 116 Å². The van der Waals surface area contributed by atoms with E-state index in [1.165, 1.54) is 31.2 Å². The second-order valence-corrected chi connectivity index (χ2v) is 5.17. The maximum Gasteiger partial charge on any atom is 0.119 e. The number of hydrogen-bond donors (Lipinski definition) is 1. The number of nitrogens with one attached hydrogen (secondary N) is 1. The van der Waals surface area contributed by atoms with Crippen LogP contribution >= 0.6 is 0 Å². The third-order valence-corrected chi connectivity index (χ3v) is 3.81. The van der Waals surface area contributed by atoms with Gasteiger partial charge in [0.2, 0.25) is 0 Å². The lowest BCUT2D eigenvalue weighted by Gasteiger charge is -2.28. The fourth-order valence-electron chi connectivity index (χ4n) is 2.68. The van der Waals surface area contributed by atoms with E-state index < -0.39 is 0 Å². The van der Waals surface area contributed by atoms with Crippen LogP contribution in [0.2, 0.25) is 0 Å². The molecule has 2 rings (SSSR count). The minimum absolute atomic E-state index is 0.472. The van der Waals surface area contributed by atoms with Crippen molar-refractivity contribution in [1.29, 1.82) is 0 Å². The van der Waals surface area contributed by atoms with Gasteiger partial charge >= 0.3 is 0 Å². The monoisotopic (exact) mass is 263 g/mol. The van der Waals surface area contributed by atoms with Gasteiger partial charge < -0.3 is 14.8 Å². The Morgan fingerprint density at radius 1 is 1.21 bits per heavy atom. The van der Waals surface area contributed by atoms with E-state index in [0.29, 0.717) is 12.1 Å². The first-order valence-electron chi connectivity index (χ1n) is 7.29. The molecule has 0 amide bonds. The Morgan fingerprint density at radius 2 is 2.00 bits per heavy atom. The Balaban J connectivity index is 1.77. The van der Waals surface area contributed by atoms with Crippen molar-refractivity contribution in [2.45, 2.75) is 51.3 Å². The van der Waals surface area contributed by atoms with Crippen molar-refractivity contribution in [3.63, 3.8) is 0 Å². The number of benzene rings is 1. The lowest BCUT2D eigenvalue weighted by Crippen LogP contribution is -2.34. The quantitative estimate of drug-likeness (QED) is 0.855. The normalized spacial score (nSPS) is 23.3. The number of methoxy groups -OCH3 is 1. The molecule has 1 aromatic carbocycles. The molecule has 1 N–H and O–H groups in total. The third kappa shape index (κ3) is 4.51. The van der Waals surface area contributed by atoms with Crippen LogP contribution in [0.15, 0.2) is 24.3 Å². The van der Waals surface area contributed by atoms with E-state index in [1.807, 2.05) is 20.1 Å². The van der Waals surface area contributed by atoms with E-state index in [9.17, 15) is 0 Å². The highest BCUT2D eigenvalue weighted by Crippen LogP contribution is 2.21. The molecule has 0 unspecified atom stereocenters. The van der Waals surface area contributed by atoms with E-state index >= 15 is 0 Å². The van der Waals surface area contributed by atoms with E-state index in [2.05, 4.69) is 23.5 Å². The maximum atomic E-state index is 5.52. The van der Waals surface area contributed by atoms with Crippen molar-refractivity contribution in [3.8, 4) is 5.75 Å². The second kappa shape index (κ2) is 7.51. The van der Waals surface area contributed by atoms with Crippen LogP contribution in [0, 0.1) is 0 Å². The highest BCUT2D eigenvalue weighted by molar-refractivity contribution is 5.28. The molecule has 0 heterocycles. The molecule has 0 spiro atoms. The summed E-state index contributed by atoms with van der Waals surface area (Å²) in [7, 11) is 1.82. The molecular formula is C16H25NO2. The first-order chi connectivity index (χ1) is 9.31. The summed E-state index contributed by atoms with van der Waals surface area (Å²) in [5.74, 6) is 0.963. The van der Waals surface area contributed by atoms with Gasteiger partial charge in [-0.1, -0.05) is 12.1 Å². The molecular weight excluding hydrogens is 238 g/mol. The molecule has 3 nitrogen and oxygen atoms in total. The van der Waals surface area contributed by atoms with Crippen LogP contribution in [-0.4, -0.2) is 25.9 Å². The van der Waals surface area contributed by atoms with Gasteiger partial charge in [0.25, 0.3) is 0 Å². The van der Waals surface area contributed by atoms with Gasteiger partial charge in [-0.25, -0.2) is 0 Å². The predicted octanol–water partition coefficient (Wildman–Crippen LogP) is 3.13. The SMILES string of the molecule is CCOc1cccc(CNC2CCC(OC)CC2)c1. The second-order valence-electron chi connectivity index (χ2n) is 5.17. The molecule has 0 bridgehead atoms. The van der Waals surface area contributed by atoms with Gasteiger partial charge in [-0.05, 0) is 50.3 Å². The first kappa shape index (κ1) is 14.4. The molecule has 3 heteroatoms. The summed E-state index contributed by atoms with van der Waals surface area (Å²) in [6, 6.07) is 8.97. The molecule has 0 atom stereocenters. The highest BCUT2D eigenvalue weighted by Gasteiger charge is 2.20. The molecule has 1 fully saturated rings. The zero-order valence-corrected chi connectivity index (χ0v) is 12.0. The molecule has 1 saturated carbocycles. The van der Waals surface area contributed by atoms with Gasteiger partial charge in [0.15, 0.2) is 0 Å². The molecule has 0 saturated heterocycles. The zero-order chi connectivity index (χ0) is 13.5. The van der Waals surface area contributed by atoms with Gasteiger partial charge in [-0.15, -0.1) is 0 Å². The fraction of sp³-hybridized carbons (Fsp3) is 0.625. The molecule has 1 aliphatic carbocycles. The van der Waals surface area contributed by atoms with Crippen LogP contribution < -0.4 is 10.1 Å². The first-order valence-corrected chi connectivity index (χ1v) is 7.29. The topological polar surface area (TPSA) is 30.5 Å². The summed E-state index contributed by atoms with van der Waals surface area (Å²) >= 11 is 0. The molecule has 0 aromatic heterocycles. The third-order valence-electron chi connectivity index (χ3n) is 3.81. The van der Waals surface area contributed by atoms with E-state index in [4.69, 9.17) is 9.47 Å². The van der Waals surface area contributed by atoms with Crippen LogP contribution in [0.1, 0.15) is 38.2 Å². The van der Waals surface area contributed by atoms with Gasteiger partial charge in [0.1, 0.15) is 5.75 Å². The number of hydrogen-bond acceptors (Lipinski definition) is 3. The minimum atomic E-state index is 0.472. The average molecular weight is 263 g/mol. The van der Waals surface area contributed by atoms with Crippen LogP contribution in [0.5, 0.6) is 5.75 Å². The Hall–Kier alpha value is -1.06. The van der Waals surface area contributed by atoms with Crippen LogP contribution in [0.4, 0.5) is 0 Å². The summed E-state index contributed by atoms with van der Waals surface area (Å²) in [4.78, 5) is 0. The Bertz CT molecular complexity index is 373. The molecule has 19 heavy (non-hydrogen) atoms. The van der Waals surface area contributed by atoms with E-state index in [0.717, 1.165) is 18.9 Å². The molecule has 0 aliphatic heterocycles. The van der Waals surface area contributed by atoms with Gasteiger partial charge in [-0.3, -0.25) is 0 Å². The Kier molecular flexibility index (Phi) is 5.67. The molecule has 1 aliphatic rings. The van der Waals surface area contributed by atoms with Crippen LogP contribution in [0.3, 0.4) is 0 Å². The van der Waals surface area contributed by atoms with Crippen molar-refractivity contribution < 1.29 is 9.47 Å². The molecule has 1 aromatic rings. The van der Waals surface area contributed by atoms with Crippen molar-refractivity contribution >= 4 is 0 Å². The maximum absolute atomic E-state index is 5.52. The van der Waals surface area contributed by atoms with Crippen LogP contribution in [-0.2, 0) is 11.3 Å². The fourth-order valence-corrected chi connectivity index (χ4v) is 2.68. The van der Waals surface area contributed by atoms with Gasteiger partial charge in [-0.2, -0.15) is 0 Å². The van der Waals surface area contributed by atoms with Crippen molar-refractivity contribution in [2.24, 2.45) is 0 Å². The summed E-state index contributed by atoms with van der Waals surface area (Å²) in [5.41, 5.74) is 1.29. The van der Waals surface area contributed by atoms with E-state index in [1.54, 1.807) is 0 Å². The average Bonchev–Trinajstić information content (AvgIpc) is 2.46. The summed E-state index contributed by atoms with van der Waals surface area (Å²) in [6.07, 6.45) is 5.24. The largest absolute Gasteiger partial charge is 0.494 e. The smallest absolute Gasteiger partial charge is 0.119 e. The number of ether oxygens (including phenoxy) is 2. The lowest BCUT2D eigenvalue weighted by molar-refractivity contribution is 0.0624. The summed E-state index contributed by atoms with van der Waals surface area (Å²) in [6.45, 7) is 3.65. The standard InChI is InChI=1S/C16H25NO2/c1-3-19-16-6-4-5-13(11-16)12-17-14-7-9-15(18-2)10-8-14/h4-6,11,14-15,17H,3,7-10,12H2,1-2H3. The predicted molar refractivity (Wildman–Crippen MR) is 77.5 cm³/mol. The van der Waals surface area contributed by atoms with Gasteiger partial charge in [0, 0.05) is 19.7 Å². The van der Waals surface area contributed by atoms with E-state index in [-0.39, 0.29) is 0 Å². The van der Waals surface area contributed by atoms with Crippen LogP contribution in [0.25, 0.3) is 0 Å². The van der Waals surface area contributed by atoms with Crippen molar-refractivity contribution in [2.75, 3.05) is 13.7 Å². The van der Waals surface area contributed by atoms with Crippen molar-refractivity contribution in [1.82, 2.24) is 5.32 Å². The summed E-state index contributed by atoms with van der Waals surface area (Å²) in [5, 5.41) is 3.64. The zero-order valence-electron chi connectivity index (χ0n) is 12.0. The Morgan fingerprint density at radius 3 is 2.68 bits per heavy atom. The molecule has 0 radical (unpaired) electrons. The number of rotatable bonds is 6. The molecule has 106 valence electrons. The highest BCUT2D eigenvalue weighted by atomic mass is 16.5. The van der Waals surface area contributed by atoms with Gasteiger partial charge in [0.05, 0.1) is 12.7 Å².